The first-order valence-corrected chi connectivity index (χ1v) is 9.87. The largest absolute Gasteiger partial charge is 0.466 e. The Kier molecular flexibility index (Phi) is 8.83. The minimum Gasteiger partial charge on any atom is -0.466 e. The SMILES string of the molecule is CCOC(=O)C1=C(COCCNC)NC(C)=C(C(=O)OC)C1c1c(F)cccc1Cl. The molecule has 0 fully saturated rings. The van der Waals surface area contributed by atoms with Crippen LogP contribution in [0.2, 0.25) is 5.02 Å². The van der Waals surface area contributed by atoms with Crippen LogP contribution in [0.5, 0.6) is 0 Å². The highest BCUT2D eigenvalue weighted by atomic mass is 35.5. The van der Waals surface area contributed by atoms with Crippen LogP contribution in [0.4, 0.5) is 4.39 Å². The molecule has 164 valence electrons. The van der Waals surface area contributed by atoms with Crippen LogP contribution in [0.25, 0.3) is 0 Å². The summed E-state index contributed by atoms with van der Waals surface area (Å²) in [5.41, 5.74) is 0.910. The second kappa shape index (κ2) is 11.1. The zero-order valence-electron chi connectivity index (χ0n) is 17.4. The summed E-state index contributed by atoms with van der Waals surface area (Å²) in [5, 5.41) is 6.07. The fourth-order valence-electron chi connectivity index (χ4n) is 3.26. The van der Waals surface area contributed by atoms with Gasteiger partial charge < -0.3 is 24.8 Å². The molecule has 0 saturated heterocycles. The van der Waals surface area contributed by atoms with Gasteiger partial charge in [-0.25, -0.2) is 14.0 Å². The topological polar surface area (TPSA) is 85.9 Å². The number of nitrogens with one attached hydrogen (secondary N) is 2. The predicted octanol–water partition coefficient (Wildman–Crippen LogP) is 2.67. The highest BCUT2D eigenvalue weighted by Crippen LogP contribution is 2.43. The number of dihydropyridines is 1. The Morgan fingerprint density at radius 1 is 1.27 bits per heavy atom. The van der Waals surface area contributed by atoms with Gasteiger partial charge in [0.05, 0.1) is 49.7 Å². The van der Waals surface area contributed by atoms with Crippen LogP contribution in [0.3, 0.4) is 0 Å². The molecule has 1 aromatic rings. The molecule has 30 heavy (non-hydrogen) atoms. The number of halogens is 2. The van der Waals surface area contributed by atoms with Crippen molar-refractivity contribution in [3.05, 3.63) is 57.1 Å². The summed E-state index contributed by atoms with van der Waals surface area (Å²) in [6.45, 7) is 4.42. The number of ether oxygens (including phenoxy) is 3. The van der Waals surface area contributed by atoms with E-state index in [1.807, 2.05) is 0 Å². The van der Waals surface area contributed by atoms with Crippen molar-refractivity contribution in [3.63, 3.8) is 0 Å². The molecule has 1 unspecified atom stereocenters. The molecule has 1 aromatic carbocycles. The van der Waals surface area contributed by atoms with Crippen LogP contribution in [0.1, 0.15) is 25.3 Å². The molecule has 2 N–H and O–H groups in total. The maximum absolute atomic E-state index is 14.9. The van der Waals surface area contributed by atoms with Crippen LogP contribution >= 0.6 is 11.6 Å². The molecule has 0 amide bonds. The summed E-state index contributed by atoms with van der Waals surface area (Å²) in [6, 6.07) is 4.17. The van der Waals surface area contributed by atoms with E-state index in [9.17, 15) is 14.0 Å². The van der Waals surface area contributed by atoms with E-state index in [2.05, 4.69) is 10.6 Å². The maximum atomic E-state index is 14.9. The third-order valence-corrected chi connectivity index (χ3v) is 4.91. The van der Waals surface area contributed by atoms with Crippen molar-refractivity contribution in [1.29, 1.82) is 0 Å². The number of allylic oxidation sites excluding steroid dienone is 1. The molecular formula is C21H26ClFN2O5. The molecule has 0 aliphatic carbocycles. The standard InChI is InChI=1S/C21H26ClFN2O5/c1-5-30-21(27)18-15(11-29-10-9-24-3)25-12(2)16(20(26)28-4)19(18)17-13(22)7-6-8-14(17)23/h6-8,19,24-25H,5,9-11H2,1-4H3. The Morgan fingerprint density at radius 2 is 2.00 bits per heavy atom. The summed E-state index contributed by atoms with van der Waals surface area (Å²) < 4.78 is 30.7. The lowest BCUT2D eigenvalue weighted by Crippen LogP contribution is -2.35. The average Bonchev–Trinajstić information content (AvgIpc) is 2.70. The van der Waals surface area contributed by atoms with E-state index in [1.165, 1.54) is 25.3 Å². The number of benzene rings is 1. The highest BCUT2D eigenvalue weighted by molar-refractivity contribution is 6.31. The van der Waals surface area contributed by atoms with Crippen LogP contribution in [-0.4, -0.2) is 52.5 Å². The van der Waals surface area contributed by atoms with Crippen LogP contribution < -0.4 is 10.6 Å². The number of likely N-dealkylation sites (N-methyl/N-ethyl adjacent to an activating group) is 1. The van der Waals surface area contributed by atoms with Crippen LogP contribution in [0.15, 0.2) is 40.7 Å². The van der Waals surface area contributed by atoms with Gasteiger partial charge in [0.25, 0.3) is 0 Å². The summed E-state index contributed by atoms with van der Waals surface area (Å²) in [4.78, 5) is 25.6. The number of esters is 2. The molecule has 1 aliphatic rings. The fourth-order valence-corrected chi connectivity index (χ4v) is 3.54. The van der Waals surface area contributed by atoms with Crippen molar-refractivity contribution in [3.8, 4) is 0 Å². The number of hydrogen-bond acceptors (Lipinski definition) is 7. The molecule has 0 saturated carbocycles. The van der Waals surface area contributed by atoms with E-state index in [1.54, 1.807) is 20.9 Å². The van der Waals surface area contributed by atoms with Gasteiger partial charge in [-0.3, -0.25) is 0 Å². The van der Waals surface area contributed by atoms with Crippen molar-refractivity contribution < 1.29 is 28.2 Å². The van der Waals surface area contributed by atoms with Gasteiger partial charge in [0.1, 0.15) is 5.82 Å². The summed E-state index contributed by atoms with van der Waals surface area (Å²) in [7, 11) is 3.00. The number of carbonyl (C=O) groups excluding carboxylic acids is 2. The summed E-state index contributed by atoms with van der Waals surface area (Å²) >= 11 is 6.31. The number of hydrogen-bond donors (Lipinski definition) is 2. The van der Waals surface area contributed by atoms with Crippen LogP contribution in [-0.2, 0) is 23.8 Å². The molecule has 2 rings (SSSR count). The van der Waals surface area contributed by atoms with Gasteiger partial charge in [0, 0.05) is 22.8 Å². The quantitative estimate of drug-likeness (QED) is 0.451. The van der Waals surface area contributed by atoms with Crippen molar-refractivity contribution >= 4 is 23.5 Å². The smallest absolute Gasteiger partial charge is 0.336 e. The minimum atomic E-state index is -1.12. The van der Waals surface area contributed by atoms with Crippen LogP contribution in [0, 0.1) is 5.82 Å². The Balaban J connectivity index is 2.69. The van der Waals surface area contributed by atoms with Gasteiger partial charge in [-0.05, 0) is 33.0 Å². The highest BCUT2D eigenvalue weighted by Gasteiger charge is 2.41. The van der Waals surface area contributed by atoms with Crippen molar-refractivity contribution in [2.24, 2.45) is 0 Å². The van der Waals surface area contributed by atoms with E-state index in [4.69, 9.17) is 25.8 Å². The molecule has 1 heterocycles. The number of rotatable bonds is 9. The monoisotopic (exact) mass is 440 g/mol. The van der Waals surface area contributed by atoms with E-state index in [0.717, 1.165) is 0 Å². The van der Waals surface area contributed by atoms with E-state index in [-0.39, 0.29) is 34.9 Å². The normalized spacial score (nSPS) is 16.4. The Labute approximate surface area is 180 Å². The summed E-state index contributed by atoms with van der Waals surface area (Å²) in [5.74, 6) is -3.17. The molecule has 1 aliphatic heterocycles. The van der Waals surface area contributed by atoms with Crippen molar-refractivity contribution in [2.45, 2.75) is 19.8 Å². The summed E-state index contributed by atoms with van der Waals surface area (Å²) in [6.07, 6.45) is 0. The van der Waals surface area contributed by atoms with E-state index < -0.39 is 23.7 Å². The Bertz CT molecular complexity index is 849. The molecule has 0 radical (unpaired) electrons. The van der Waals surface area contributed by atoms with Gasteiger partial charge in [-0.1, -0.05) is 17.7 Å². The molecule has 0 spiro atoms. The second-order valence-corrected chi connectivity index (χ2v) is 6.90. The first-order chi connectivity index (χ1) is 14.4. The first-order valence-electron chi connectivity index (χ1n) is 9.49. The molecule has 0 bridgehead atoms. The molecular weight excluding hydrogens is 415 g/mol. The minimum absolute atomic E-state index is 0.00352. The molecule has 1 atom stereocenters. The van der Waals surface area contributed by atoms with Gasteiger partial charge in [-0.15, -0.1) is 0 Å². The molecule has 7 nitrogen and oxygen atoms in total. The number of methoxy groups -OCH3 is 1. The Morgan fingerprint density at radius 3 is 2.60 bits per heavy atom. The average molecular weight is 441 g/mol. The van der Waals surface area contributed by atoms with E-state index in [0.29, 0.717) is 24.5 Å². The third-order valence-electron chi connectivity index (χ3n) is 4.58. The lowest BCUT2D eigenvalue weighted by atomic mass is 9.80. The zero-order valence-corrected chi connectivity index (χ0v) is 18.2. The lowest BCUT2D eigenvalue weighted by Gasteiger charge is -2.31. The van der Waals surface area contributed by atoms with Gasteiger partial charge in [-0.2, -0.15) is 0 Å². The van der Waals surface area contributed by atoms with Gasteiger partial charge >= 0.3 is 11.9 Å². The maximum Gasteiger partial charge on any atom is 0.336 e. The zero-order chi connectivity index (χ0) is 22.3. The predicted molar refractivity (Wildman–Crippen MR) is 110 cm³/mol. The van der Waals surface area contributed by atoms with E-state index >= 15 is 0 Å². The van der Waals surface area contributed by atoms with Crippen molar-refractivity contribution in [1.82, 2.24) is 10.6 Å². The third kappa shape index (κ3) is 5.19. The fraction of sp³-hybridized carbons (Fsp3) is 0.429. The lowest BCUT2D eigenvalue weighted by molar-refractivity contribution is -0.139. The van der Waals surface area contributed by atoms with Crippen molar-refractivity contribution in [2.75, 3.05) is 40.5 Å². The van der Waals surface area contributed by atoms with Gasteiger partial charge in [0.15, 0.2) is 0 Å². The second-order valence-electron chi connectivity index (χ2n) is 6.49. The molecule has 0 aromatic heterocycles. The first kappa shape index (κ1) is 23.9. The molecule has 9 heteroatoms. The Hall–Kier alpha value is -2.42. The number of carbonyl (C=O) groups is 2. The van der Waals surface area contributed by atoms with Gasteiger partial charge in [0.2, 0.25) is 0 Å².